The minimum absolute atomic E-state index is 0. The second kappa shape index (κ2) is 5.03. The minimum atomic E-state index is 0. The topological polar surface area (TPSA) is 0 Å². The molecule has 0 aliphatic rings. The summed E-state index contributed by atoms with van der Waals surface area (Å²) in [5, 5.41) is 0. The molecule has 2 aromatic rings. The van der Waals surface area contributed by atoms with E-state index in [0.717, 1.165) is 5.56 Å². The molecule has 0 aliphatic carbocycles. The molecular weight excluding hydrogens is 252 g/mol. The molecule has 13 heavy (non-hydrogen) atoms. The molecule has 0 unspecified atom stereocenters. The Kier molecular flexibility index (Phi) is 3.97. The molecule has 0 radical (unpaired) electrons. The summed E-state index contributed by atoms with van der Waals surface area (Å²) in [6.45, 7) is 0. The van der Waals surface area contributed by atoms with Gasteiger partial charge in [0, 0.05) is 0 Å². The Hall–Kier alpha value is -0.820. The number of hydrogen-bond donors (Lipinski definition) is 0. The van der Waals surface area contributed by atoms with Crippen LogP contribution < -0.4 is 0 Å². The van der Waals surface area contributed by atoms with Crippen molar-refractivity contribution in [3.63, 3.8) is 0 Å². The minimum Gasteiger partial charge on any atom is -0.147 e. The fourth-order valence-corrected chi connectivity index (χ4v) is 1.19. The molecule has 2 aromatic carbocycles. The summed E-state index contributed by atoms with van der Waals surface area (Å²) in [6, 6.07) is 21.5. The summed E-state index contributed by atoms with van der Waals surface area (Å²) in [4.78, 5) is 0. The van der Waals surface area contributed by atoms with Gasteiger partial charge in [0.2, 0.25) is 0 Å². The number of hydrogen-bond acceptors (Lipinski definition) is 0. The molecule has 0 saturated carbocycles. The van der Waals surface area contributed by atoms with E-state index in [1.807, 2.05) is 36.4 Å². The molecule has 68 valence electrons. The van der Waals surface area contributed by atoms with E-state index >= 15 is 0 Å². The van der Waals surface area contributed by atoms with Crippen molar-refractivity contribution < 1.29 is 22.4 Å². The predicted octanol–water partition coefficient (Wildman–Crippen LogP) is 3.15. The molecule has 0 heterocycles. The smallest absolute Gasteiger partial charge is 0.147 e. The van der Waals surface area contributed by atoms with Gasteiger partial charge in [-0.25, -0.2) is 0 Å². The second-order valence-corrected chi connectivity index (χ2v) is 2.64. The Labute approximate surface area is 94.1 Å². The molecule has 0 amide bonds. The van der Waals surface area contributed by atoms with Crippen LogP contribution in [-0.4, -0.2) is 0 Å². The van der Waals surface area contributed by atoms with Gasteiger partial charge in [-0.2, -0.15) is 0 Å². The largest absolute Gasteiger partial charge is 1.00 e. The monoisotopic (exact) mass is 260 g/mol. The van der Waals surface area contributed by atoms with Gasteiger partial charge in [-0.1, -0.05) is 35.9 Å². The Morgan fingerprint density at radius 2 is 1.46 bits per heavy atom. The molecule has 0 spiro atoms. The van der Waals surface area contributed by atoms with Crippen LogP contribution in [0.4, 0.5) is 0 Å². The SMILES string of the molecule is [Ag+].[c-]1ccccc1-c1ccccc1. The second-order valence-electron chi connectivity index (χ2n) is 2.64. The summed E-state index contributed by atoms with van der Waals surface area (Å²) >= 11 is 0. The standard InChI is InChI=1S/C12H9.Ag/c1-3-7-11(8-4-1)12-9-5-2-6-10-12;/h1-9H;/q-1;+1. The van der Waals surface area contributed by atoms with Gasteiger partial charge in [-0.3, -0.25) is 0 Å². The van der Waals surface area contributed by atoms with Crippen molar-refractivity contribution in [3.8, 4) is 11.1 Å². The van der Waals surface area contributed by atoms with Crippen molar-refractivity contribution in [3.05, 3.63) is 60.7 Å². The van der Waals surface area contributed by atoms with Crippen molar-refractivity contribution >= 4 is 0 Å². The first-order valence-electron chi connectivity index (χ1n) is 3.99. The predicted molar refractivity (Wildman–Crippen MR) is 50.7 cm³/mol. The number of benzene rings is 2. The maximum absolute atomic E-state index is 3.18. The Morgan fingerprint density at radius 1 is 0.769 bits per heavy atom. The van der Waals surface area contributed by atoms with Gasteiger partial charge in [0.25, 0.3) is 0 Å². The maximum atomic E-state index is 3.18. The first kappa shape index (κ1) is 10.3. The summed E-state index contributed by atoms with van der Waals surface area (Å²) < 4.78 is 0. The van der Waals surface area contributed by atoms with Crippen LogP contribution in [0.2, 0.25) is 0 Å². The van der Waals surface area contributed by atoms with Crippen molar-refractivity contribution in [1.29, 1.82) is 0 Å². The third-order valence-corrected chi connectivity index (χ3v) is 1.79. The van der Waals surface area contributed by atoms with E-state index in [4.69, 9.17) is 0 Å². The van der Waals surface area contributed by atoms with Crippen LogP contribution in [0.25, 0.3) is 11.1 Å². The van der Waals surface area contributed by atoms with Crippen molar-refractivity contribution in [2.24, 2.45) is 0 Å². The third-order valence-electron chi connectivity index (χ3n) is 1.79. The van der Waals surface area contributed by atoms with Crippen molar-refractivity contribution in [2.45, 2.75) is 0 Å². The van der Waals surface area contributed by atoms with Crippen molar-refractivity contribution in [1.82, 2.24) is 0 Å². The zero-order chi connectivity index (χ0) is 8.23. The summed E-state index contributed by atoms with van der Waals surface area (Å²) in [6.07, 6.45) is 0. The molecule has 2 rings (SSSR count). The fourth-order valence-electron chi connectivity index (χ4n) is 1.19. The van der Waals surface area contributed by atoms with Crippen LogP contribution in [0.15, 0.2) is 54.6 Å². The normalized spacial score (nSPS) is 8.92. The first-order valence-corrected chi connectivity index (χ1v) is 3.99. The van der Waals surface area contributed by atoms with E-state index in [-0.39, 0.29) is 22.4 Å². The Morgan fingerprint density at radius 3 is 2.08 bits per heavy atom. The van der Waals surface area contributed by atoms with Gasteiger partial charge in [0.05, 0.1) is 0 Å². The van der Waals surface area contributed by atoms with E-state index < -0.39 is 0 Å². The van der Waals surface area contributed by atoms with Crippen LogP contribution in [0.1, 0.15) is 0 Å². The van der Waals surface area contributed by atoms with E-state index in [9.17, 15) is 0 Å². The molecule has 0 aliphatic heterocycles. The van der Waals surface area contributed by atoms with Crippen LogP contribution in [0.5, 0.6) is 0 Å². The molecule has 0 nitrogen and oxygen atoms in total. The van der Waals surface area contributed by atoms with Gasteiger partial charge in [-0.15, -0.1) is 35.9 Å². The van der Waals surface area contributed by atoms with E-state index in [2.05, 4.69) is 24.3 Å². The fraction of sp³-hybridized carbons (Fsp3) is 0. The Bertz CT molecular complexity index is 303. The molecule has 0 bridgehead atoms. The molecule has 0 N–H and O–H groups in total. The van der Waals surface area contributed by atoms with E-state index in [1.54, 1.807) is 0 Å². The average Bonchev–Trinajstić information content (AvgIpc) is 2.21. The van der Waals surface area contributed by atoms with E-state index in [1.165, 1.54) is 5.56 Å². The molecule has 1 heteroatoms. The quantitative estimate of drug-likeness (QED) is 0.546. The third kappa shape index (κ3) is 2.56. The molecule has 0 fully saturated rings. The van der Waals surface area contributed by atoms with E-state index in [0.29, 0.717) is 0 Å². The Balaban J connectivity index is 0.000000845. The first-order chi connectivity index (χ1) is 5.97. The molecule has 0 saturated heterocycles. The van der Waals surface area contributed by atoms with Crippen LogP contribution in [-0.2, 0) is 22.4 Å². The summed E-state index contributed by atoms with van der Waals surface area (Å²) in [5.41, 5.74) is 2.37. The van der Waals surface area contributed by atoms with Crippen LogP contribution in [0.3, 0.4) is 0 Å². The van der Waals surface area contributed by atoms with Gasteiger partial charge in [0.1, 0.15) is 0 Å². The zero-order valence-electron chi connectivity index (χ0n) is 7.00. The van der Waals surface area contributed by atoms with Crippen LogP contribution >= 0.6 is 0 Å². The molecular formula is C12H9Ag. The zero-order valence-corrected chi connectivity index (χ0v) is 8.48. The number of rotatable bonds is 1. The summed E-state index contributed by atoms with van der Waals surface area (Å²) in [7, 11) is 0. The van der Waals surface area contributed by atoms with Gasteiger partial charge < -0.3 is 0 Å². The van der Waals surface area contributed by atoms with Crippen LogP contribution in [0, 0.1) is 6.07 Å². The average molecular weight is 261 g/mol. The maximum Gasteiger partial charge on any atom is 1.00 e. The molecule has 0 aromatic heterocycles. The van der Waals surface area contributed by atoms with Gasteiger partial charge in [0.15, 0.2) is 0 Å². The molecule has 0 atom stereocenters. The van der Waals surface area contributed by atoms with Crippen molar-refractivity contribution in [2.75, 3.05) is 0 Å². The van der Waals surface area contributed by atoms with Gasteiger partial charge in [-0.05, 0) is 0 Å². The van der Waals surface area contributed by atoms with Gasteiger partial charge >= 0.3 is 22.4 Å². The summed E-state index contributed by atoms with van der Waals surface area (Å²) in [5.74, 6) is 0.